The molecule has 131 heavy (non-hydrogen) atoms. The molecule has 12 aromatic heterocycles. The largest absolute Gasteiger partial charge is 2.00 e. The summed E-state index contributed by atoms with van der Waals surface area (Å²) in [4.78, 5) is 43.3. The smallest absolute Gasteiger partial charge is 0.429 e. The van der Waals surface area contributed by atoms with Crippen molar-refractivity contribution in [2.75, 3.05) is 16.3 Å². The van der Waals surface area contributed by atoms with E-state index in [0.717, 1.165) is 181 Å². The summed E-state index contributed by atoms with van der Waals surface area (Å²) in [6.07, 6.45) is 6.21. The van der Waals surface area contributed by atoms with Crippen molar-refractivity contribution in [1.29, 1.82) is 0 Å². The summed E-state index contributed by atoms with van der Waals surface area (Å²) in [5.74, 6) is 5.76. The van der Waals surface area contributed by atoms with Crippen LogP contribution in [0.3, 0.4) is 0 Å². The van der Waals surface area contributed by atoms with Crippen molar-refractivity contribution >= 4 is 183 Å². The van der Waals surface area contributed by atoms with Gasteiger partial charge in [-0.3, -0.25) is 37.8 Å². The number of thiophene rings is 1. The van der Waals surface area contributed by atoms with Gasteiger partial charge in [-0.2, -0.15) is 24.3 Å². The number of fused-ring (bicyclic) bond motifs is 19. The minimum absolute atomic E-state index is 0. The van der Waals surface area contributed by atoms with Crippen LogP contribution in [-0.4, -0.2) is 83.3 Å². The predicted molar refractivity (Wildman–Crippen MR) is 529 cm³/mol. The van der Waals surface area contributed by atoms with Gasteiger partial charge in [0.25, 0.3) is 0 Å². The second-order valence-corrected chi connectivity index (χ2v) is 35.5. The first-order valence-electron chi connectivity index (χ1n) is 42.6. The summed E-state index contributed by atoms with van der Waals surface area (Å²) in [5, 5.41) is 9.52. The molecule has 13 heterocycles. The van der Waals surface area contributed by atoms with Crippen molar-refractivity contribution in [1.82, 2.24) is 61.7 Å². The summed E-state index contributed by atoms with van der Waals surface area (Å²) in [5.41, 5.74) is 22.0. The maximum Gasteiger partial charge on any atom is 2.00 e. The number of nitrogens with zero attached hydrogens (tertiary/aromatic N) is 15. The molecule has 4 radical (unpaired) electrons. The number of pyridine rings is 5. The first kappa shape index (κ1) is 83.3. The minimum atomic E-state index is -1.49. The molecular weight excluding hydrogens is 1790 g/mol. The number of imidazole rings is 4. The number of rotatable bonds is 14. The molecule has 0 saturated carbocycles. The van der Waals surface area contributed by atoms with Crippen molar-refractivity contribution in [3.8, 4) is 40.0 Å². The van der Waals surface area contributed by atoms with Gasteiger partial charge in [-0.1, -0.05) is 236 Å². The fourth-order valence-electron chi connectivity index (χ4n) is 18.4. The fourth-order valence-corrected chi connectivity index (χ4v) is 22.8. The molecule has 1 aliphatic heterocycles. The van der Waals surface area contributed by atoms with E-state index < -0.39 is 8.07 Å². The van der Waals surface area contributed by atoms with Crippen molar-refractivity contribution in [2.24, 2.45) is 0 Å². The van der Waals surface area contributed by atoms with E-state index in [1.54, 1.807) is 0 Å². The first-order valence-corrected chi connectivity index (χ1v) is 45.4. The number of anilines is 5. The minimum Gasteiger partial charge on any atom is -0.429 e. The maximum absolute atomic E-state index is 5.56. The number of aromatic nitrogens is 13. The molecule has 15 nitrogen and oxygen atoms in total. The molecule has 0 saturated heterocycles. The average Bonchev–Trinajstić information content (AvgIpc) is 1.55. The van der Waals surface area contributed by atoms with Gasteiger partial charge in [0.15, 0.2) is 8.07 Å². The fraction of sp³-hybridized carbons (Fsp3) is 0.0182. The van der Waals surface area contributed by atoms with Crippen LogP contribution in [0.2, 0.25) is 0 Å². The molecule has 13 aromatic carbocycles. The van der Waals surface area contributed by atoms with Gasteiger partial charge >= 0.3 is 17.1 Å². The van der Waals surface area contributed by atoms with Gasteiger partial charge in [0.05, 0.1) is 61.3 Å². The average molecular weight is 1860 g/mol. The summed E-state index contributed by atoms with van der Waals surface area (Å²) in [7, 11) is 1.43. The van der Waals surface area contributed by atoms with Crippen LogP contribution in [0.5, 0.6) is 0 Å². The molecule has 0 atom stereocenters. The number of hydrogen-bond acceptors (Lipinski definition) is 10. The molecule has 0 spiro atoms. The number of para-hydroxylation sites is 10. The Balaban J connectivity index is 0.000000118. The Kier molecular flexibility index (Phi) is 22.5. The molecule has 21 heteroatoms. The van der Waals surface area contributed by atoms with E-state index in [0.29, 0.717) is 0 Å². The molecule has 0 N–H and O–H groups in total. The Morgan fingerprint density at radius 1 is 0.405 bits per heavy atom. The zero-order valence-corrected chi connectivity index (χ0v) is 76.4. The van der Waals surface area contributed by atoms with Crippen LogP contribution in [0.15, 0.2) is 407 Å². The van der Waals surface area contributed by atoms with Gasteiger partial charge in [-0.05, 0) is 138 Å². The first-order chi connectivity index (χ1) is 63.5. The Hall–Kier alpha value is -14.6. The van der Waals surface area contributed by atoms with E-state index in [4.69, 9.17) is 29.9 Å². The van der Waals surface area contributed by atoms with Crippen LogP contribution in [0.25, 0.3) is 149 Å². The monoisotopic (exact) mass is 1860 g/mol. The number of hydrogen-bond donors (Lipinski definition) is 0. The van der Waals surface area contributed by atoms with Crippen molar-refractivity contribution in [3.05, 3.63) is 441 Å². The van der Waals surface area contributed by atoms with Gasteiger partial charge < -0.3 is 9.47 Å². The van der Waals surface area contributed by atoms with Crippen LogP contribution in [0.4, 0.5) is 28.7 Å². The third-order valence-electron chi connectivity index (χ3n) is 24.1. The van der Waals surface area contributed by atoms with Crippen LogP contribution < -0.4 is 20.4 Å². The van der Waals surface area contributed by atoms with E-state index in [1.807, 2.05) is 137 Å². The van der Waals surface area contributed by atoms with Gasteiger partial charge in [-0.25, -0.2) is 24.3 Å². The normalized spacial score (nSPS) is 11.8. The third kappa shape index (κ3) is 14.6. The second-order valence-electron chi connectivity index (χ2n) is 31.5. The second kappa shape index (κ2) is 35.4. The molecule has 0 bridgehead atoms. The molecular formula is C110H73Mn3N15PSSi. The molecule has 624 valence electrons. The van der Waals surface area contributed by atoms with Crippen molar-refractivity contribution in [2.45, 2.75) is 6.42 Å². The van der Waals surface area contributed by atoms with E-state index >= 15 is 0 Å². The standard InChI is InChI=1S/C42H27N5P.C36H25N4Si.C32H20N6S.3Mn/c1-4-15-29(16-5-1)34-22-14-26-39(43-34)46-37-25-13-12-24-36(37)45-38-28-27-33-32-21-10-11-23-35(32)47(41(33)40(38)44-42(45)46)48(30-17-6-2-7-18-30)31-19-8-3-9-20-31;41-36(27-11-3-1-4-12-27)30-19-8-14-26-22-23-33(39-35(26)30)40(28-16-5-2-6-17-28)32-21-9-20-31(38-32)29-18-7-13-25-15-10-24-37-34(25)29;1-2-10-22(11-3-1)35-20-18-26-30(35)29-31(39-26)38-25-14-7-6-13-24(25)37(32(38)34-29)28-16-8-15-27(33-28)36-19-17-21-9-4-5-12-23(21)36;;;/h1-15,17-28H;1-24,41H;1-10,12-17H,18,20H2;;;/q-1;;-2;;;+2/p+1. The van der Waals surface area contributed by atoms with Gasteiger partial charge in [-0.15, -0.1) is 70.8 Å². The van der Waals surface area contributed by atoms with E-state index in [9.17, 15) is 0 Å². The van der Waals surface area contributed by atoms with Crippen LogP contribution in [-0.2, 0) is 57.6 Å². The topological polar surface area (TPSA) is 125 Å². The molecule has 0 aliphatic carbocycles. The van der Waals surface area contributed by atoms with Crippen molar-refractivity contribution in [3.63, 3.8) is 0 Å². The third-order valence-corrected chi connectivity index (χ3v) is 28.6. The van der Waals surface area contributed by atoms with E-state index in [1.165, 1.54) is 42.3 Å². The Labute approximate surface area is 793 Å². The summed E-state index contributed by atoms with van der Waals surface area (Å²) in [6.45, 7) is 0.949. The maximum atomic E-state index is 5.56. The van der Waals surface area contributed by atoms with E-state index in [2.05, 4.69) is 350 Å². The molecule has 0 amide bonds. The number of benzene rings is 13. The summed E-state index contributed by atoms with van der Waals surface area (Å²) in [6, 6.07) is 145. The Bertz CT molecular complexity index is 8560. The van der Waals surface area contributed by atoms with E-state index in [-0.39, 0.29) is 51.2 Å². The summed E-state index contributed by atoms with van der Waals surface area (Å²) >= 11 is 1.85. The van der Waals surface area contributed by atoms with Gasteiger partial charge in [0, 0.05) is 106 Å². The zero-order chi connectivity index (χ0) is 84.7. The SMILES string of the molecule is [Mn+2].[Mn].[Mn].[SiH]=C(c1ccccc1)c1cccc2ccc(N(c3ccccc3)c3cccc(-c4cccc5cccnc45)n3)nc12.[c-]1ccccc1-c1cccc(-n2c3ccccc3n3c4ccc5c6ccccc6n([PH+](c6ccccc6)c6ccccc6)c5c4nc23)n1.[c-]1ccccc1N1CCc2sc3c(nc4n(-c5cccc(-n6[c-]cc7ccccc76)n5)c5ccccc5n34)c21. The predicted octanol–water partition coefficient (Wildman–Crippen LogP) is 23.9. The molecule has 26 rings (SSSR count). The molecule has 1 aliphatic rings. The quantitative estimate of drug-likeness (QED) is 0.0594. The van der Waals surface area contributed by atoms with Crippen LogP contribution in [0.1, 0.15) is 16.0 Å². The van der Waals surface area contributed by atoms with Gasteiger partial charge in [0.2, 0.25) is 11.6 Å². The van der Waals surface area contributed by atoms with Crippen LogP contribution in [0, 0.1) is 18.3 Å². The molecule has 25 aromatic rings. The Morgan fingerprint density at radius 2 is 0.985 bits per heavy atom. The summed E-state index contributed by atoms with van der Waals surface area (Å²) < 4.78 is 13.6. The van der Waals surface area contributed by atoms with Gasteiger partial charge in [0.1, 0.15) is 55.3 Å². The van der Waals surface area contributed by atoms with Crippen LogP contribution >= 0.6 is 19.4 Å². The molecule has 0 unspecified atom stereocenters. The Morgan fingerprint density at radius 3 is 1.73 bits per heavy atom. The zero-order valence-electron chi connectivity index (χ0n) is 69.9. The molecule has 0 fully saturated rings. The van der Waals surface area contributed by atoms with Crippen molar-refractivity contribution < 1.29 is 51.2 Å².